The molecule has 6 atom stereocenters. The molecule has 0 radical (unpaired) electrons. The SMILES string of the molecule is C#Cc1c(F)ccc2cccc(-c3nc4c5c(nc(OC[C@@]67CCCN6[C@H](COc6cc(C(F)(F)F)ncn6)CC7)nc5c3F)C3C[C@@H]3N[C@@H](C(C)N)CCC4)c12. The summed E-state index contributed by atoms with van der Waals surface area (Å²) in [7, 11) is 0. The summed E-state index contributed by atoms with van der Waals surface area (Å²) in [5.41, 5.74) is 6.78. The Morgan fingerprint density at radius 2 is 1.91 bits per heavy atom. The first kappa shape index (κ1) is 37.5. The van der Waals surface area contributed by atoms with Crippen molar-refractivity contribution in [3.05, 3.63) is 77.0 Å². The van der Waals surface area contributed by atoms with Crippen molar-refractivity contribution in [2.75, 3.05) is 19.8 Å². The highest BCUT2D eigenvalue weighted by atomic mass is 19.4. The lowest BCUT2D eigenvalue weighted by Gasteiger charge is -2.34. The zero-order valence-corrected chi connectivity index (χ0v) is 31.3. The van der Waals surface area contributed by atoms with Crippen molar-refractivity contribution in [1.82, 2.24) is 35.1 Å². The van der Waals surface area contributed by atoms with Gasteiger partial charge in [-0.3, -0.25) is 4.90 Å². The molecule has 0 spiro atoms. The van der Waals surface area contributed by atoms with Crippen LogP contribution in [-0.4, -0.2) is 79.3 Å². The quantitative estimate of drug-likeness (QED) is 0.127. The molecule has 0 bridgehead atoms. The molecule has 1 aliphatic carbocycles. The molecule has 3 N–H and O–H groups in total. The normalized spacial score (nSPS) is 25.2. The van der Waals surface area contributed by atoms with Gasteiger partial charge in [0, 0.05) is 52.5 Å². The Hall–Kier alpha value is -5.04. The summed E-state index contributed by atoms with van der Waals surface area (Å²) in [4.78, 5) is 24.2. The second-order valence-electron chi connectivity index (χ2n) is 15.8. The van der Waals surface area contributed by atoms with Crippen LogP contribution in [0.1, 0.15) is 80.4 Å². The molecule has 1 saturated carbocycles. The van der Waals surface area contributed by atoms with E-state index in [0.717, 1.165) is 63.9 Å². The van der Waals surface area contributed by atoms with Crippen LogP contribution in [0.15, 0.2) is 42.7 Å². The molecule has 0 amide bonds. The Morgan fingerprint density at radius 3 is 2.72 bits per heavy atom. The lowest BCUT2D eigenvalue weighted by molar-refractivity contribution is -0.141. The number of nitrogens with two attached hydrogens (primary N) is 1. The molecule has 10 nitrogen and oxygen atoms in total. The Labute approximate surface area is 325 Å². The molecule has 4 aliphatic rings. The van der Waals surface area contributed by atoms with Gasteiger partial charge in [0.15, 0.2) is 11.5 Å². The fraction of sp³-hybridized carbons (Fsp3) is 0.452. The van der Waals surface area contributed by atoms with E-state index in [-0.39, 0.29) is 72.0 Å². The van der Waals surface area contributed by atoms with Crippen LogP contribution in [0.5, 0.6) is 11.9 Å². The molecule has 2 aromatic carbocycles. The van der Waals surface area contributed by atoms with E-state index in [2.05, 4.69) is 26.1 Å². The number of hydrogen-bond acceptors (Lipinski definition) is 10. The molecular formula is C42H41F5N8O2. The summed E-state index contributed by atoms with van der Waals surface area (Å²) in [6.45, 7) is 3.12. The molecule has 296 valence electrons. The zero-order chi connectivity index (χ0) is 39.6. The average molecular weight is 785 g/mol. The predicted octanol–water partition coefficient (Wildman–Crippen LogP) is 6.87. The van der Waals surface area contributed by atoms with Crippen LogP contribution < -0.4 is 20.5 Å². The Kier molecular flexibility index (Phi) is 9.49. The summed E-state index contributed by atoms with van der Waals surface area (Å²) in [5, 5.41) is 5.33. The Balaban J connectivity index is 1.07. The number of ether oxygens (including phenoxy) is 2. The van der Waals surface area contributed by atoms with Gasteiger partial charge in [-0.1, -0.05) is 30.2 Å². The van der Waals surface area contributed by atoms with Crippen molar-refractivity contribution in [3.8, 4) is 35.5 Å². The van der Waals surface area contributed by atoms with Crippen molar-refractivity contribution in [2.45, 2.75) is 100 Å². The number of pyridine rings is 1. The van der Waals surface area contributed by atoms with Gasteiger partial charge in [-0.15, -0.1) is 6.42 Å². The number of halogens is 5. The lowest BCUT2D eigenvalue weighted by Crippen LogP contribution is -2.48. The molecule has 3 fully saturated rings. The minimum absolute atomic E-state index is 0.0253. The number of fused-ring (bicyclic) bond motifs is 4. The first-order valence-corrected chi connectivity index (χ1v) is 19.5. The van der Waals surface area contributed by atoms with E-state index in [4.69, 9.17) is 36.6 Å². The smallest absolute Gasteiger partial charge is 0.433 e. The number of nitrogens with one attached hydrogen (secondary N) is 1. The Morgan fingerprint density at radius 1 is 1.05 bits per heavy atom. The highest BCUT2D eigenvalue weighted by Crippen LogP contribution is 2.47. The van der Waals surface area contributed by atoms with E-state index < -0.39 is 29.0 Å². The van der Waals surface area contributed by atoms with Gasteiger partial charge in [0.2, 0.25) is 5.88 Å². The molecular weight excluding hydrogens is 744 g/mol. The van der Waals surface area contributed by atoms with E-state index in [1.165, 1.54) is 6.07 Å². The van der Waals surface area contributed by atoms with Gasteiger partial charge in [-0.2, -0.15) is 23.1 Å². The number of terminal acetylenes is 1. The van der Waals surface area contributed by atoms with Crippen molar-refractivity contribution in [2.24, 2.45) is 5.73 Å². The van der Waals surface area contributed by atoms with Crippen LogP contribution in [0.25, 0.3) is 32.9 Å². The number of hydrogen-bond donors (Lipinski definition) is 2. The minimum atomic E-state index is -4.61. The number of aromatic nitrogens is 5. The molecule has 6 heterocycles. The first-order valence-electron chi connectivity index (χ1n) is 19.5. The maximum Gasteiger partial charge on any atom is 0.433 e. The standard InChI is InChI=1S/C42H41F5N8O2/c1-3-25-28(43)12-11-23-7-4-8-26(34(23)25)38-36(44)39-35-30(52-38)10-5-9-29(22(2)48)51-31-17-27(31)37(35)53-40(54-39)57-20-41-14-6-16-55(41)24(13-15-41)19-56-33-18-32(42(45,46)47)49-21-50-33/h1,4,7-8,11-12,18,21-22,24,27,29,31,51H,5-6,9-10,13-17,19-20,48H2,2H3/t22?,24-,27?,29+,31-,41-/m0/s1. The van der Waals surface area contributed by atoms with E-state index in [1.807, 2.05) is 6.92 Å². The largest absolute Gasteiger partial charge is 0.476 e. The van der Waals surface area contributed by atoms with Gasteiger partial charge >= 0.3 is 12.2 Å². The third-order valence-corrected chi connectivity index (χ3v) is 12.3. The fourth-order valence-corrected chi connectivity index (χ4v) is 9.32. The third-order valence-electron chi connectivity index (χ3n) is 12.3. The van der Waals surface area contributed by atoms with Crippen LogP contribution in [0.4, 0.5) is 22.0 Å². The summed E-state index contributed by atoms with van der Waals surface area (Å²) < 4.78 is 84.4. The monoisotopic (exact) mass is 784 g/mol. The van der Waals surface area contributed by atoms with Crippen molar-refractivity contribution in [3.63, 3.8) is 0 Å². The van der Waals surface area contributed by atoms with Crippen LogP contribution in [0.3, 0.4) is 0 Å². The van der Waals surface area contributed by atoms with Crippen molar-refractivity contribution >= 4 is 21.7 Å². The molecule has 9 rings (SSSR count). The van der Waals surface area contributed by atoms with Gasteiger partial charge in [-0.25, -0.2) is 23.7 Å². The molecule has 2 unspecified atom stereocenters. The number of alkyl halides is 3. The second-order valence-corrected chi connectivity index (χ2v) is 15.8. The molecule has 5 aromatic rings. The summed E-state index contributed by atoms with van der Waals surface area (Å²) in [6, 6.07) is 9.03. The fourth-order valence-electron chi connectivity index (χ4n) is 9.32. The second kappa shape index (κ2) is 14.4. The van der Waals surface area contributed by atoms with Gasteiger partial charge in [0.1, 0.15) is 36.6 Å². The van der Waals surface area contributed by atoms with Crippen LogP contribution in [-0.2, 0) is 12.6 Å². The summed E-state index contributed by atoms with van der Waals surface area (Å²) >= 11 is 0. The number of rotatable bonds is 8. The van der Waals surface area contributed by atoms with Crippen LogP contribution in [0.2, 0.25) is 0 Å². The first-order chi connectivity index (χ1) is 27.4. The van der Waals surface area contributed by atoms with Gasteiger partial charge in [-0.05, 0) is 76.3 Å². The minimum Gasteiger partial charge on any atom is -0.476 e. The zero-order valence-electron chi connectivity index (χ0n) is 31.3. The van der Waals surface area contributed by atoms with Gasteiger partial charge < -0.3 is 20.5 Å². The molecule has 2 saturated heterocycles. The van der Waals surface area contributed by atoms with E-state index in [9.17, 15) is 13.2 Å². The number of nitrogens with zero attached hydrogens (tertiary/aromatic N) is 6. The van der Waals surface area contributed by atoms with Gasteiger partial charge in [0.05, 0.1) is 22.5 Å². The number of benzene rings is 2. The summed E-state index contributed by atoms with van der Waals surface area (Å²) in [5.74, 6) is 1.03. The van der Waals surface area contributed by atoms with Crippen molar-refractivity contribution < 1.29 is 31.4 Å². The highest BCUT2D eigenvalue weighted by Gasteiger charge is 2.50. The van der Waals surface area contributed by atoms with E-state index >= 15 is 8.78 Å². The lowest BCUT2D eigenvalue weighted by atomic mass is 9.94. The van der Waals surface area contributed by atoms with Gasteiger partial charge in [0.25, 0.3) is 0 Å². The highest BCUT2D eigenvalue weighted by molar-refractivity contribution is 6.01. The summed E-state index contributed by atoms with van der Waals surface area (Å²) in [6.07, 6.45) is 8.08. The molecule has 3 aliphatic heterocycles. The van der Waals surface area contributed by atoms with E-state index in [0.29, 0.717) is 39.5 Å². The van der Waals surface area contributed by atoms with Crippen LogP contribution >= 0.6 is 0 Å². The Bertz CT molecular complexity index is 2420. The van der Waals surface area contributed by atoms with Crippen molar-refractivity contribution in [1.29, 1.82) is 0 Å². The molecule has 15 heteroatoms. The average Bonchev–Trinajstić information content (AvgIpc) is 3.71. The molecule has 3 aromatic heterocycles. The maximum atomic E-state index is 17.3. The maximum absolute atomic E-state index is 17.3. The van der Waals surface area contributed by atoms with E-state index in [1.54, 1.807) is 24.3 Å². The number of aryl methyl sites for hydroxylation is 1. The topological polar surface area (TPSA) is 124 Å². The third kappa shape index (κ3) is 6.81. The predicted molar refractivity (Wildman–Crippen MR) is 203 cm³/mol. The molecule has 57 heavy (non-hydrogen) atoms. The van der Waals surface area contributed by atoms with Crippen LogP contribution in [0, 0.1) is 24.0 Å².